The first-order valence-electron chi connectivity index (χ1n) is 17.6. The van der Waals surface area contributed by atoms with Crippen LogP contribution in [-0.4, -0.2) is 94.3 Å². The second kappa shape index (κ2) is 25.9. The molecule has 6 aromatic rings. The van der Waals surface area contributed by atoms with E-state index >= 15 is 0 Å². The number of likely N-dealkylation sites (N-methyl/N-ethyl adjacent to an activating group) is 2. The van der Waals surface area contributed by atoms with Gasteiger partial charge in [-0.2, -0.15) is 0 Å². The molecule has 0 spiro atoms. The topological polar surface area (TPSA) is 110 Å². The Labute approximate surface area is 354 Å². The first-order chi connectivity index (χ1) is 25.2. The van der Waals surface area contributed by atoms with Crippen LogP contribution in [0.5, 0.6) is 0 Å². The molecule has 6 rings (SSSR count). The zero-order valence-corrected chi connectivity index (χ0v) is 34.9. The minimum atomic E-state index is -1.50. The average molecular weight is 945 g/mol. The van der Waals surface area contributed by atoms with Crippen LogP contribution in [-0.2, 0) is 0 Å². The number of aromatic nitrogens is 3. The Hall–Kier alpha value is -3.17. The fraction of sp³-hybridized carbons (Fsp3) is 0.357. The summed E-state index contributed by atoms with van der Waals surface area (Å²) >= 11 is 10.4. The smallest absolute Gasteiger partial charge is 0.423 e. The summed E-state index contributed by atoms with van der Waals surface area (Å²) in [6, 6.07) is 29.3. The van der Waals surface area contributed by atoms with Crippen molar-refractivity contribution in [1.29, 1.82) is 0 Å². The summed E-state index contributed by atoms with van der Waals surface area (Å²) < 4.78 is 3.01. The molecule has 0 fully saturated rings. The van der Waals surface area contributed by atoms with Crippen molar-refractivity contribution in [2.24, 2.45) is 0 Å². The van der Waals surface area contributed by atoms with Crippen LogP contribution < -0.4 is 16.1 Å². The quantitative estimate of drug-likeness (QED) is 0.0665. The van der Waals surface area contributed by atoms with E-state index in [1.807, 2.05) is 78.9 Å². The fourth-order valence-corrected chi connectivity index (χ4v) is 7.43. The van der Waals surface area contributed by atoms with E-state index < -0.39 is 7.12 Å². The molecule has 55 heavy (non-hydrogen) atoms. The highest BCUT2D eigenvalue weighted by atomic mass is 79.9. The maximum absolute atomic E-state index is 9.53. The SMILES string of the molecule is Brc1cc(Br)c2ccccc2n1.C.C.C.CCN(CC)CCNc1cc(B(O)O)c2ccccc2n1.CCN(CC)CCNc1cc(Br)c2ccccc2n1. The van der Waals surface area contributed by atoms with Crippen LogP contribution in [0.25, 0.3) is 32.7 Å². The van der Waals surface area contributed by atoms with Crippen LogP contribution in [0.3, 0.4) is 0 Å². The number of fused-ring (bicyclic) bond motifs is 3. The minimum Gasteiger partial charge on any atom is -0.423 e. The predicted molar refractivity (Wildman–Crippen MR) is 251 cm³/mol. The summed E-state index contributed by atoms with van der Waals surface area (Å²) in [5, 5.41) is 28.8. The maximum Gasteiger partial charge on any atom is 0.489 e. The van der Waals surface area contributed by atoms with Crippen molar-refractivity contribution < 1.29 is 10.0 Å². The van der Waals surface area contributed by atoms with Crippen molar-refractivity contribution in [1.82, 2.24) is 24.8 Å². The van der Waals surface area contributed by atoms with Gasteiger partial charge in [-0.05, 0) is 116 Å². The third-order valence-corrected chi connectivity index (χ3v) is 10.3. The summed E-state index contributed by atoms with van der Waals surface area (Å²) in [4.78, 5) is 18.2. The van der Waals surface area contributed by atoms with Gasteiger partial charge >= 0.3 is 7.12 Å². The molecule has 0 unspecified atom stereocenters. The minimum absolute atomic E-state index is 0. The molecule has 3 aromatic heterocycles. The number of anilines is 2. The second-order valence-corrected chi connectivity index (χ2v) is 14.4. The highest BCUT2D eigenvalue weighted by Crippen LogP contribution is 2.26. The highest BCUT2D eigenvalue weighted by molar-refractivity contribution is 9.11. The molecule has 0 aliphatic rings. The van der Waals surface area contributed by atoms with Crippen LogP contribution in [0, 0.1) is 0 Å². The number of para-hydroxylation sites is 3. The first-order valence-corrected chi connectivity index (χ1v) is 20.0. The van der Waals surface area contributed by atoms with Gasteiger partial charge in [-0.3, -0.25) is 0 Å². The molecule has 0 saturated carbocycles. The molecular weight excluding hydrogens is 885 g/mol. The van der Waals surface area contributed by atoms with Crippen LogP contribution in [0.4, 0.5) is 11.6 Å². The largest absolute Gasteiger partial charge is 0.489 e. The molecule has 0 radical (unpaired) electrons. The third-order valence-electron chi connectivity index (χ3n) is 8.58. The molecule has 0 aliphatic heterocycles. The molecule has 3 heterocycles. The van der Waals surface area contributed by atoms with E-state index in [4.69, 9.17) is 0 Å². The molecule has 9 nitrogen and oxygen atoms in total. The van der Waals surface area contributed by atoms with Gasteiger partial charge in [0, 0.05) is 51.3 Å². The van der Waals surface area contributed by atoms with E-state index in [1.54, 1.807) is 6.07 Å². The number of hydrogen-bond acceptors (Lipinski definition) is 9. The van der Waals surface area contributed by atoms with Crippen LogP contribution >= 0.6 is 47.8 Å². The molecule has 0 amide bonds. The monoisotopic (exact) mass is 941 g/mol. The Bertz CT molecular complexity index is 2010. The zero-order chi connectivity index (χ0) is 37.5. The number of pyridine rings is 3. The lowest BCUT2D eigenvalue weighted by atomic mass is 9.78. The van der Waals surface area contributed by atoms with E-state index in [2.05, 4.69) is 117 Å². The molecule has 0 atom stereocenters. The molecule has 0 aliphatic carbocycles. The summed E-state index contributed by atoms with van der Waals surface area (Å²) in [7, 11) is -1.50. The Kier molecular flexibility index (Phi) is 23.5. The Morgan fingerprint density at radius 3 is 1.38 bits per heavy atom. The van der Waals surface area contributed by atoms with Crippen molar-refractivity contribution in [2.75, 3.05) is 63.0 Å². The number of nitrogens with one attached hydrogen (secondary N) is 2. The predicted octanol–water partition coefficient (Wildman–Crippen LogP) is 10.1. The Balaban J connectivity index is 0.000000414. The number of rotatable bonds is 13. The fourth-order valence-electron chi connectivity index (χ4n) is 5.60. The van der Waals surface area contributed by atoms with E-state index in [9.17, 15) is 10.0 Å². The van der Waals surface area contributed by atoms with Gasteiger partial charge in [-0.1, -0.05) is 105 Å². The molecule has 3 aromatic carbocycles. The standard InChI is InChI=1S/C15H22BN3O2.C15H20BrN3.C9H5Br2N.3CH4/c1-3-19(4-2)10-9-17-15-11-13(16(20)21)12-7-5-6-8-14(12)18-15;1-3-19(4-2)10-9-17-15-11-13(16)12-7-5-6-8-14(12)18-15;10-7-5-9(11)12-8-4-2-1-3-6(7)8;;;/h5-8,11,20-21H,3-4,9-10H2,1-2H3,(H,17,18);5-8,11H,3-4,9-10H2,1-2H3,(H,17,18);1-5H;3*1H4. The van der Waals surface area contributed by atoms with Crippen LogP contribution in [0.2, 0.25) is 0 Å². The summed E-state index contributed by atoms with van der Waals surface area (Å²) in [5.41, 5.74) is 3.25. The highest BCUT2D eigenvalue weighted by Gasteiger charge is 2.16. The van der Waals surface area contributed by atoms with Crippen molar-refractivity contribution >= 4 is 105 Å². The third kappa shape index (κ3) is 15.0. The molecule has 298 valence electrons. The normalized spacial score (nSPS) is 10.4. The summed E-state index contributed by atoms with van der Waals surface area (Å²) in [6.45, 7) is 16.5. The van der Waals surface area contributed by atoms with Gasteiger partial charge in [0.1, 0.15) is 16.2 Å². The van der Waals surface area contributed by atoms with Gasteiger partial charge in [-0.15, -0.1) is 0 Å². The second-order valence-electron chi connectivity index (χ2n) is 11.8. The van der Waals surface area contributed by atoms with E-state index in [0.717, 1.165) is 104 Å². The Morgan fingerprint density at radius 1 is 0.545 bits per heavy atom. The zero-order valence-electron chi connectivity index (χ0n) is 30.2. The number of halogens is 3. The number of hydrogen-bond donors (Lipinski definition) is 4. The van der Waals surface area contributed by atoms with Gasteiger partial charge in [0.25, 0.3) is 0 Å². The van der Waals surface area contributed by atoms with Crippen molar-refractivity contribution in [3.05, 3.63) is 105 Å². The average Bonchev–Trinajstić information content (AvgIpc) is 3.15. The van der Waals surface area contributed by atoms with E-state index in [-0.39, 0.29) is 22.3 Å². The van der Waals surface area contributed by atoms with Gasteiger partial charge < -0.3 is 30.5 Å². The molecule has 0 bridgehead atoms. The van der Waals surface area contributed by atoms with Gasteiger partial charge in [0.05, 0.1) is 16.6 Å². The molecule has 4 N–H and O–H groups in total. The maximum atomic E-state index is 9.53. The van der Waals surface area contributed by atoms with E-state index in [0.29, 0.717) is 11.3 Å². The summed E-state index contributed by atoms with van der Waals surface area (Å²) in [6.07, 6.45) is 0. The van der Waals surface area contributed by atoms with Gasteiger partial charge in [0.15, 0.2) is 0 Å². The molecular formula is C42H59BBr3N7O2. The number of benzene rings is 3. The lowest BCUT2D eigenvalue weighted by molar-refractivity contribution is 0.316. The van der Waals surface area contributed by atoms with Crippen molar-refractivity contribution in [3.8, 4) is 0 Å². The lowest BCUT2D eigenvalue weighted by Gasteiger charge is -2.18. The first kappa shape index (κ1) is 49.9. The van der Waals surface area contributed by atoms with Crippen molar-refractivity contribution in [2.45, 2.75) is 50.0 Å². The van der Waals surface area contributed by atoms with Crippen molar-refractivity contribution in [3.63, 3.8) is 0 Å². The van der Waals surface area contributed by atoms with Crippen LogP contribution in [0.15, 0.2) is 105 Å². The number of nitrogens with zero attached hydrogens (tertiary/aromatic N) is 5. The summed E-state index contributed by atoms with van der Waals surface area (Å²) in [5.74, 6) is 1.60. The molecule has 0 saturated heterocycles. The lowest BCUT2D eigenvalue weighted by Crippen LogP contribution is -2.32. The Morgan fingerprint density at radius 2 is 0.927 bits per heavy atom. The van der Waals surface area contributed by atoms with Gasteiger partial charge in [-0.25, -0.2) is 15.0 Å². The van der Waals surface area contributed by atoms with Gasteiger partial charge in [0.2, 0.25) is 0 Å². The molecule has 13 heteroatoms. The van der Waals surface area contributed by atoms with E-state index in [1.165, 1.54) is 0 Å². The van der Waals surface area contributed by atoms with Crippen LogP contribution in [0.1, 0.15) is 50.0 Å².